The Morgan fingerprint density at radius 3 is 2.44 bits per heavy atom. The van der Waals surface area contributed by atoms with Crippen LogP contribution in [0.3, 0.4) is 0 Å². The lowest BCUT2D eigenvalue weighted by Crippen LogP contribution is -2.07. The fraction of sp³-hybridized carbons (Fsp3) is 0.263. The van der Waals surface area contributed by atoms with E-state index in [1.807, 2.05) is 48.6 Å². The average molecular weight is 340 g/mol. The molecule has 2 aromatic rings. The van der Waals surface area contributed by atoms with Gasteiger partial charge in [0, 0.05) is 7.11 Å². The number of ether oxygens (including phenoxy) is 3. The van der Waals surface area contributed by atoms with E-state index in [1.54, 1.807) is 7.11 Å². The van der Waals surface area contributed by atoms with Gasteiger partial charge in [0.25, 0.3) is 0 Å². The first-order chi connectivity index (χ1) is 12.3. The first-order valence-electron chi connectivity index (χ1n) is 7.81. The summed E-state index contributed by atoms with van der Waals surface area (Å²) in [6.07, 6.45) is 4.53. The van der Waals surface area contributed by atoms with Crippen molar-refractivity contribution in [2.75, 3.05) is 20.3 Å². The molecule has 0 aromatic heterocycles. The minimum Gasteiger partial charge on any atom is -0.452 e. The van der Waals surface area contributed by atoms with Gasteiger partial charge in [0.2, 0.25) is 0 Å². The smallest absolute Gasteiger partial charge is 0.413 e. The van der Waals surface area contributed by atoms with Crippen molar-refractivity contribution in [1.29, 1.82) is 0 Å². The molecule has 0 saturated carbocycles. The van der Waals surface area contributed by atoms with Crippen molar-refractivity contribution in [3.05, 3.63) is 65.2 Å². The molecule has 0 spiro atoms. The summed E-state index contributed by atoms with van der Waals surface area (Å²) in [5.74, 6) is -0.698. The van der Waals surface area contributed by atoms with Crippen molar-refractivity contribution in [3.63, 3.8) is 0 Å². The van der Waals surface area contributed by atoms with Gasteiger partial charge >= 0.3 is 12.2 Å². The second-order valence-corrected chi connectivity index (χ2v) is 5.23. The number of hydrogen-bond donors (Lipinski definition) is 0. The van der Waals surface area contributed by atoms with E-state index in [2.05, 4.69) is 4.79 Å². The highest BCUT2D eigenvalue weighted by molar-refractivity contribution is 6.20. The van der Waals surface area contributed by atoms with Crippen LogP contribution in [-0.2, 0) is 32.2 Å². The summed E-state index contributed by atoms with van der Waals surface area (Å²) in [6.45, 7) is 1.58. The highest BCUT2D eigenvalue weighted by atomic mass is 16.5. The van der Waals surface area contributed by atoms with Crippen molar-refractivity contribution in [2.24, 2.45) is 0 Å². The lowest BCUT2D eigenvalue weighted by atomic mass is 10.00. The van der Waals surface area contributed by atoms with Gasteiger partial charge in [-0.05, 0) is 21.9 Å². The summed E-state index contributed by atoms with van der Waals surface area (Å²) < 4.78 is 15.7. The third-order valence-electron chi connectivity index (χ3n) is 3.51. The maximum Gasteiger partial charge on any atom is 0.413 e. The summed E-state index contributed by atoms with van der Waals surface area (Å²) in [5.41, 5.74) is 10.2. The number of rotatable bonds is 9. The Labute approximate surface area is 146 Å². The minimum atomic E-state index is -0.698. The summed E-state index contributed by atoms with van der Waals surface area (Å²) in [4.78, 5) is 14.0. The van der Waals surface area contributed by atoms with Crippen LogP contribution >= 0.6 is 0 Å². The third-order valence-corrected chi connectivity index (χ3v) is 3.51. The molecular weight excluding hydrogens is 320 g/mol. The number of hydrogen-bond acceptors (Lipinski definition) is 4. The zero-order valence-electron chi connectivity index (χ0n) is 14.1. The Hall–Kier alpha value is -2.79. The predicted molar refractivity (Wildman–Crippen MR) is 94.1 cm³/mol. The fourth-order valence-electron chi connectivity index (χ4n) is 2.44. The molecule has 0 bridgehead atoms. The van der Waals surface area contributed by atoms with Crippen LogP contribution in [-0.4, -0.2) is 37.3 Å². The second-order valence-electron chi connectivity index (χ2n) is 5.23. The highest BCUT2D eigenvalue weighted by Crippen LogP contribution is 2.24. The number of esters is 1. The molecule has 130 valence electrons. The maximum atomic E-state index is 11.4. The van der Waals surface area contributed by atoms with Gasteiger partial charge in [-0.2, -0.15) is 4.79 Å². The van der Waals surface area contributed by atoms with Gasteiger partial charge in [-0.1, -0.05) is 48.6 Å². The molecule has 0 N–H and O–H groups in total. The molecule has 2 rings (SSSR count). The molecule has 2 aromatic carbocycles. The van der Waals surface area contributed by atoms with E-state index in [4.69, 9.17) is 19.7 Å². The van der Waals surface area contributed by atoms with Crippen LogP contribution in [0.4, 0.5) is 0 Å². The summed E-state index contributed by atoms with van der Waals surface area (Å²) >= 11 is 0. The number of benzene rings is 2. The van der Waals surface area contributed by atoms with Gasteiger partial charge in [-0.3, -0.25) is 0 Å². The molecule has 0 atom stereocenters. The van der Waals surface area contributed by atoms with Crippen molar-refractivity contribution in [1.82, 2.24) is 0 Å². The molecule has 25 heavy (non-hydrogen) atoms. The van der Waals surface area contributed by atoms with Crippen molar-refractivity contribution in [2.45, 2.75) is 13.2 Å². The zero-order valence-corrected chi connectivity index (χ0v) is 14.1. The SMILES string of the molecule is COC/C=C\COCc1cccc2cccc(COC(=O)C=[N+]=[N-])c12. The van der Waals surface area contributed by atoms with E-state index in [1.165, 1.54) is 0 Å². The van der Waals surface area contributed by atoms with E-state index >= 15 is 0 Å². The largest absolute Gasteiger partial charge is 0.452 e. The van der Waals surface area contributed by atoms with Crippen LogP contribution in [0.15, 0.2) is 48.6 Å². The third kappa shape index (κ3) is 5.65. The van der Waals surface area contributed by atoms with Gasteiger partial charge in [0.1, 0.15) is 6.61 Å². The van der Waals surface area contributed by atoms with Crippen molar-refractivity contribution < 1.29 is 23.8 Å². The molecule has 0 fully saturated rings. The van der Waals surface area contributed by atoms with E-state index < -0.39 is 5.97 Å². The number of carbonyl (C=O) groups excluding carboxylic acids is 1. The lowest BCUT2D eigenvalue weighted by Gasteiger charge is -2.11. The lowest BCUT2D eigenvalue weighted by molar-refractivity contribution is -0.140. The van der Waals surface area contributed by atoms with E-state index in [-0.39, 0.29) is 6.61 Å². The first-order valence-corrected chi connectivity index (χ1v) is 7.81. The molecular formula is C19H20N2O4. The Balaban J connectivity index is 2.13. The standard InChI is InChI=1S/C19H20N2O4/c1-23-10-2-3-11-24-13-16-8-4-6-15-7-5-9-17(19(15)16)14-25-18(22)12-21-20/h2-9,12H,10-11,13-14H2,1H3/b3-2-. The molecule has 0 heterocycles. The Kier molecular flexibility index (Phi) is 7.53. The Morgan fingerprint density at radius 2 is 1.76 bits per heavy atom. The number of fused-ring (bicyclic) bond motifs is 1. The number of methoxy groups -OCH3 is 1. The van der Waals surface area contributed by atoms with Crippen LogP contribution in [0.2, 0.25) is 0 Å². The van der Waals surface area contributed by atoms with Gasteiger partial charge in [-0.25, -0.2) is 4.79 Å². The molecule has 6 nitrogen and oxygen atoms in total. The molecule has 0 amide bonds. The molecule has 0 aliphatic carbocycles. The molecule has 6 heteroatoms. The van der Waals surface area contributed by atoms with Crippen molar-refractivity contribution >= 4 is 23.0 Å². The molecule has 0 aliphatic rings. The first kappa shape index (κ1) is 18.5. The fourth-order valence-corrected chi connectivity index (χ4v) is 2.44. The van der Waals surface area contributed by atoms with E-state index in [9.17, 15) is 4.79 Å². The highest BCUT2D eigenvalue weighted by Gasteiger charge is 2.09. The topological polar surface area (TPSA) is 81.2 Å². The van der Waals surface area contributed by atoms with E-state index in [0.717, 1.165) is 28.1 Å². The van der Waals surface area contributed by atoms with Crippen LogP contribution in [0.1, 0.15) is 11.1 Å². The van der Waals surface area contributed by atoms with Gasteiger partial charge in [0.15, 0.2) is 0 Å². The summed E-state index contributed by atoms with van der Waals surface area (Å²) in [7, 11) is 1.64. The predicted octanol–water partition coefficient (Wildman–Crippen LogP) is 2.90. The normalized spacial score (nSPS) is 10.8. The molecule has 0 aliphatic heterocycles. The maximum absolute atomic E-state index is 11.4. The van der Waals surface area contributed by atoms with Gasteiger partial charge in [0.05, 0.1) is 19.8 Å². The molecule has 0 radical (unpaired) electrons. The van der Waals surface area contributed by atoms with Crippen LogP contribution in [0.5, 0.6) is 0 Å². The summed E-state index contributed by atoms with van der Waals surface area (Å²) in [5, 5.41) is 2.04. The van der Waals surface area contributed by atoms with Crippen molar-refractivity contribution in [3.8, 4) is 0 Å². The Morgan fingerprint density at radius 1 is 1.08 bits per heavy atom. The number of carbonyl (C=O) groups is 1. The molecule has 0 unspecified atom stereocenters. The Bertz CT molecular complexity index is 790. The average Bonchev–Trinajstić information content (AvgIpc) is 2.63. The van der Waals surface area contributed by atoms with Gasteiger partial charge < -0.3 is 19.7 Å². The second kappa shape index (κ2) is 10.2. The zero-order chi connectivity index (χ0) is 17.9. The molecule has 0 saturated heterocycles. The number of nitrogens with zero attached hydrogens (tertiary/aromatic N) is 2. The van der Waals surface area contributed by atoms with Crippen LogP contribution in [0, 0.1) is 0 Å². The van der Waals surface area contributed by atoms with Gasteiger partial charge in [-0.15, -0.1) is 0 Å². The van der Waals surface area contributed by atoms with Crippen LogP contribution in [0.25, 0.3) is 16.3 Å². The minimum absolute atomic E-state index is 0.0902. The quantitative estimate of drug-likeness (QED) is 0.175. The monoisotopic (exact) mass is 340 g/mol. The van der Waals surface area contributed by atoms with Crippen LogP contribution < -0.4 is 0 Å². The van der Waals surface area contributed by atoms with E-state index in [0.29, 0.717) is 19.8 Å². The summed E-state index contributed by atoms with van der Waals surface area (Å²) in [6, 6.07) is 11.8.